The summed E-state index contributed by atoms with van der Waals surface area (Å²) in [6.07, 6.45) is 0. The predicted molar refractivity (Wildman–Crippen MR) is 86.7 cm³/mol. The summed E-state index contributed by atoms with van der Waals surface area (Å²) in [5, 5.41) is 6.26. The number of anilines is 2. The second-order valence-electron chi connectivity index (χ2n) is 5.30. The lowest BCUT2D eigenvalue weighted by Crippen LogP contribution is -2.41. The van der Waals surface area contributed by atoms with Gasteiger partial charge in [0.15, 0.2) is 0 Å². The lowest BCUT2D eigenvalue weighted by molar-refractivity contribution is -0.111. The Morgan fingerprint density at radius 1 is 0.650 bits per heavy atom. The number of hydrogen-bond acceptors (Lipinski definition) is 2. The van der Waals surface area contributed by atoms with Gasteiger partial charge in [-0.15, -0.1) is 0 Å². The minimum Gasteiger partial charge on any atom is -0.378 e. The Morgan fingerprint density at radius 2 is 0.950 bits per heavy atom. The van der Waals surface area contributed by atoms with Crippen LogP contribution in [0.25, 0.3) is 0 Å². The van der Waals surface area contributed by atoms with Crippen LogP contribution in [0.2, 0.25) is 0 Å². The normalized spacial score (nSPS) is 10.2. The highest BCUT2D eigenvalue weighted by Crippen LogP contribution is 2.17. The third-order valence-electron chi connectivity index (χ3n) is 3.39. The molecular weight excluding hydrogens is 246 g/mol. The van der Waals surface area contributed by atoms with Crippen LogP contribution in [0, 0.1) is 0 Å². The molecule has 0 heterocycles. The van der Waals surface area contributed by atoms with Gasteiger partial charge >= 0.3 is 0 Å². The zero-order valence-electron chi connectivity index (χ0n) is 12.6. The van der Waals surface area contributed by atoms with Crippen molar-refractivity contribution in [2.24, 2.45) is 0 Å². The van der Waals surface area contributed by atoms with Crippen LogP contribution in [-0.4, -0.2) is 33.9 Å². The first-order valence-electron chi connectivity index (χ1n) is 6.67. The van der Waals surface area contributed by atoms with Crippen molar-refractivity contribution < 1.29 is 5.41 Å². The maximum Gasteiger partial charge on any atom is 0.211 e. The molecule has 2 rings (SSSR count). The van der Waals surface area contributed by atoms with E-state index in [-0.39, 0.29) is 0 Å². The molecule has 2 aromatic rings. The molecule has 2 aromatic carbocycles. The molecule has 0 aromatic heterocycles. The van der Waals surface area contributed by atoms with Gasteiger partial charge in [-0.25, -0.2) is 0 Å². The van der Waals surface area contributed by atoms with Crippen LogP contribution in [0.15, 0.2) is 48.5 Å². The van der Waals surface area contributed by atoms with Crippen LogP contribution in [0.3, 0.4) is 0 Å². The van der Waals surface area contributed by atoms with Crippen LogP contribution in [-0.2, 0) is 0 Å². The van der Waals surface area contributed by atoms with Crippen molar-refractivity contribution in [3.8, 4) is 0 Å². The highest BCUT2D eigenvalue weighted by atomic mass is 15.1. The minimum absolute atomic E-state index is 0.806. The summed E-state index contributed by atoms with van der Waals surface area (Å²) >= 11 is 0. The number of nitrogens with zero attached hydrogens (tertiary/aromatic N) is 2. The summed E-state index contributed by atoms with van der Waals surface area (Å²) in [6.45, 7) is 0. The summed E-state index contributed by atoms with van der Waals surface area (Å²) < 4.78 is 0. The Labute approximate surface area is 121 Å². The largest absolute Gasteiger partial charge is 0.378 e. The van der Waals surface area contributed by atoms with Crippen molar-refractivity contribution >= 4 is 17.1 Å². The zero-order chi connectivity index (χ0) is 14.7. The molecule has 0 bridgehead atoms. The summed E-state index contributed by atoms with van der Waals surface area (Å²) in [6, 6.07) is 16.6. The fourth-order valence-electron chi connectivity index (χ4n) is 2.04. The van der Waals surface area contributed by atoms with E-state index in [2.05, 4.69) is 58.3 Å². The fourth-order valence-corrected chi connectivity index (χ4v) is 2.04. The number of rotatable bonds is 4. The van der Waals surface area contributed by atoms with Crippen molar-refractivity contribution in [3.63, 3.8) is 0 Å². The van der Waals surface area contributed by atoms with E-state index in [0.29, 0.717) is 0 Å². The van der Waals surface area contributed by atoms with E-state index in [4.69, 9.17) is 5.41 Å². The molecule has 0 aliphatic carbocycles. The van der Waals surface area contributed by atoms with Gasteiger partial charge < -0.3 is 9.80 Å². The molecule has 0 saturated carbocycles. The van der Waals surface area contributed by atoms with Gasteiger partial charge in [-0.1, -0.05) is 0 Å². The molecule has 0 unspecified atom stereocenters. The highest BCUT2D eigenvalue weighted by molar-refractivity contribution is 6.09. The van der Waals surface area contributed by atoms with Crippen LogP contribution in [0.4, 0.5) is 11.4 Å². The molecule has 3 nitrogen and oxygen atoms in total. The summed E-state index contributed by atoms with van der Waals surface area (Å²) in [5.74, 6) is 0. The third-order valence-corrected chi connectivity index (χ3v) is 3.39. The molecule has 104 valence electrons. The molecule has 0 aliphatic heterocycles. The first-order valence-corrected chi connectivity index (χ1v) is 6.67. The van der Waals surface area contributed by atoms with Crippen molar-refractivity contribution in [2.45, 2.75) is 0 Å². The van der Waals surface area contributed by atoms with E-state index in [9.17, 15) is 0 Å². The van der Waals surface area contributed by atoms with E-state index in [1.54, 1.807) is 0 Å². The van der Waals surface area contributed by atoms with Crippen molar-refractivity contribution in [3.05, 3.63) is 59.7 Å². The second kappa shape index (κ2) is 5.78. The van der Waals surface area contributed by atoms with Crippen LogP contribution >= 0.6 is 0 Å². The van der Waals surface area contributed by atoms with E-state index in [0.717, 1.165) is 16.8 Å². The molecule has 3 heteroatoms. The molecule has 0 amide bonds. The first-order chi connectivity index (χ1) is 9.49. The molecule has 0 aliphatic rings. The Kier molecular flexibility index (Phi) is 4.08. The fraction of sp³-hybridized carbons (Fsp3) is 0.235. The van der Waals surface area contributed by atoms with Gasteiger partial charge in [0, 0.05) is 50.7 Å². The molecule has 0 fully saturated rings. The summed E-state index contributed by atoms with van der Waals surface area (Å²) in [5.41, 5.74) is 5.25. The standard InChI is InChI=1S/C17H21N3/c1-19(2)15-9-5-13(6-10-15)17(18)14-7-11-16(12-8-14)20(3)4/h5-12,18H,1-4H3/p+1. The quantitative estimate of drug-likeness (QED) is 0.851. The van der Waals surface area contributed by atoms with E-state index < -0.39 is 0 Å². The molecule has 2 N–H and O–H groups in total. The molecule has 20 heavy (non-hydrogen) atoms. The smallest absolute Gasteiger partial charge is 0.211 e. The SMILES string of the molecule is CN(C)c1ccc(C(=[NH2+])c2ccc(N(C)C)cc2)cc1. The molecular formula is C17H22N3+. The van der Waals surface area contributed by atoms with Gasteiger partial charge in [0.2, 0.25) is 5.71 Å². The van der Waals surface area contributed by atoms with Crippen LogP contribution in [0.5, 0.6) is 0 Å². The first kappa shape index (κ1) is 14.1. The maximum absolute atomic E-state index is 6.26. The molecule has 0 spiro atoms. The lowest BCUT2D eigenvalue weighted by atomic mass is 10.0. The zero-order valence-corrected chi connectivity index (χ0v) is 12.6. The number of hydrogen-bond donors (Lipinski definition) is 1. The minimum atomic E-state index is 0.806. The third kappa shape index (κ3) is 2.99. The number of benzene rings is 2. The van der Waals surface area contributed by atoms with Gasteiger partial charge in [-0.3, -0.25) is 5.41 Å². The predicted octanol–water partition coefficient (Wildman–Crippen LogP) is 1.42. The Morgan fingerprint density at radius 3 is 1.20 bits per heavy atom. The van der Waals surface area contributed by atoms with Crippen molar-refractivity contribution in [1.29, 1.82) is 0 Å². The van der Waals surface area contributed by atoms with Crippen molar-refractivity contribution in [1.82, 2.24) is 0 Å². The van der Waals surface area contributed by atoms with E-state index in [1.165, 1.54) is 11.4 Å². The average molecular weight is 268 g/mol. The van der Waals surface area contributed by atoms with Gasteiger partial charge in [-0.05, 0) is 48.5 Å². The maximum atomic E-state index is 6.26. The van der Waals surface area contributed by atoms with Crippen molar-refractivity contribution in [2.75, 3.05) is 38.0 Å². The second-order valence-corrected chi connectivity index (χ2v) is 5.30. The van der Waals surface area contributed by atoms with Gasteiger partial charge in [0.1, 0.15) is 0 Å². The highest BCUT2D eigenvalue weighted by Gasteiger charge is 2.10. The van der Waals surface area contributed by atoms with E-state index in [1.807, 2.05) is 28.2 Å². The summed E-state index contributed by atoms with van der Waals surface area (Å²) in [7, 11) is 8.12. The molecule has 0 atom stereocenters. The summed E-state index contributed by atoms with van der Waals surface area (Å²) in [4.78, 5) is 4.15. The average Bonchev–Trinajstić information content (AvgIpc) is 2.46. The molecule has 0 saturated heterocycles. The van der Waals surface area contributed by atoms with Gasteiger partial charge in [-0.2, -0.15) is 0 Å². The molecule has 0 radical (unpaired) electrons. The lowest BCUT2D eigenvalue weighted by Gasteiger charge is -2.13. The Balaban J connectivity index is 2.22. The van der Waals surface area contributed by atoms with Gasteiger partial charge in [0.05, 0.1) is 0 Å². The van der Waals surface area contributed by atoms with Crippen LogP contribution in [0.1, 0.15) is 11.1 Å². The Bertz CT molecular complexity index is 527. The topological polar surface area (TPSA) is 32.1 Å². The van der Waals surface area contributed by atoms with Gasteiger partial charge in [0.25, 0.3) is 0 Å². The Hall–Kier alpha value is -2.29. The van der Waals surface area contributed by atoms with E-state index >= 15 is 0 Å². The van der Waals surface area contributed by atoms with Crippen LogP contribution < -0.4 is 15.2 Å². The monoisotopic (exact) mass is 268 g/mol. The number of nitrogens with two attached hydrogens (primary N) is 1.